The van der Waals surface area contributed by atoms with Gasteiger partial charge in [-0.3, -0.25) is 19.7 Å². The van der Waals surface area contributed by atoms with Crippen LogP contribution in [0.3, 0.4) is 0 Å². The standard InChI is InChI=1S/C24H21N3O4S/c1-16-20(24(29)26-13-11-22-18(15-26)12-14-32-22)3-2-4-21(16)25-23(28)10-7-17-5-8-19(9-6-17)27(30)31/h2-10,12,14H,11,13,15H2,1H3,(H,25,28)/b10-7+. The lowest BCUT2D eigenvalue weighted by atomic mass is 10.0. The van der Waals surface area contributed by atoms with Gasteiger partial charge < -0.3 is 10.2 Å². The van der Waals surface area contributed by atoms with Crippen molar-refractivity contribution in [3.05, 3.63) is 97.2 Å². The Morgan fingerprint density at radius 3 is 2.69 bits per heavy atom. The molecule has 0 unspecified atom stereocenters. The Labute approximate surface area is 189 Å². The van der Waals surface area contributed by atoms with E-state index in [4.69, 9.17) is 0 Å². The molecule has 0 fully saturated rings. The molecular weight excluding hydrogens is 426 g/mol. The van der Waals surface area contributed by atoms with Gasteiger partial charge in [-0.25, -0.2) is 0 Å². The fourth-order valence-corrected chi connectivity index (χ4v) is 4.54. The van der Waals surface area contributed by atoms with Gasteiger partial charge in [0.1, 0.15) is 0 Å². The molecule has 1 N–H and O–H groups in total. The second-order valence-corrected chi connectivity index (χ2v) is 8.50. The molecule has 3 aromatic rings. The molecule has 162 valence electrons. The summed E-state index contributed by atoms with van der Waals surface area (Å²) in [4.78, 5) is 39.0. The zero-order chi connectivity index (χ0) is 22.7. The van der Waals surface area contributed by atoms with Gasteiger partial charge in [0, 0.05) is 47.4 Å². The third kappa shape index (κ3) is 4.60. The van der Waals surface area contributed by atoms with Gasteiger partial charge >= 0.3 is 0 Å². The molecule has 2 heterocycles. The maximum Gasteiger partial charge on any atom is 0.269 e. The minimum Gasteiger partial charge on any atom is -0.334 e. The van der Waals surface area contributed by atoms with E-state index < -0.39 is 4.92 Å². The van der Waals surface area contributed by atoms with Crippen molar-refractivity contribution in [3.63, 3.8) is 0 Å². The van der Waals surface area contributed by atoms with E-state index in [-0.39, 0.29) is 17.5 Å². The van der Waals surface area contributed by atoms with Crippen molar-refractivity contribution in [3.8, 4) is 0 Å². The Balaban J connectivity index is 1.44. The van der Waals surface area contributed by atoms with Crippen molar-refractivity contribution in [1.29, 1.82) is 0 Å². The number of carbonyl (C=O) groups excluding carboxylic acids is 2. The number of nitro groups is 1. The van der Waals surface area contributed by atoms with E-state index in [1.165, 1.54) is 28.6 Å². The zero-order valence-electron chi connectivity index (χ0n) is 17.4. The Morgan fingerprint density at radius 2 is 1.94 bits per heavy atom. The third-order valence-electron chi connectivity index (χ3n) is 5.45. The van der Waals surface area contributed by atoms with Crippen LogP contribution in [0.2, 0.25) is 0 Å². The highest BCUT2D eigenvalue weighted by molar-refractivity contribution is 7.10. The van der Waals surface area contributed by atoms with E-state index in [9.17, 15) is 19.7 Å². The molecule has 0 bridgehead atoms. The molecule has 0 aliphatic carbocycles. The van der Waals surface area contributed by atoms with Crippen LogP contribution in [0.4, 0.5) is 11.4 Å². The lowest BCUT2D eigenvalue weighted by Gasteiger charge is -2.28. The average Bonchev–Trinajstić information content (AvgIpc) is 3.27. The summed E-state index contributed by atoms with van der Waals surface area (Å²) in [6.45, 7) is 3.11. The van der Waals surface area contributed by atoms with Crippen molar-refractivity contribution in [2.45, 2.75) is 19.9 Å². The molecule has 2 amide bonds. The molecular formula is C24H21N3O4S. The molecule has 32 heavy (non-hydrogen) atoms. The minimum absolute atomic E-state index is 0.00682. The largest absolute Gasteiger partial charge is 0.334 e. The smallest absolute Gasteiger partial charge is 0.269 e. The topological polar surface area (TPSA) is 92.5 Å². The fourth-order valence-electron chi connectivity index (χ4n) is 3.65. The summed E-state index contributed by atoms with van der Waals surface area (Å²) in [5, 5.41) is 15.6. The van der Waals surface area contributed by atoms with E-state index in [1.54, 1.807) is 47.7 Å². The molecule has 0 saturated carbocycles. The summed E-state index contributed by atoms with van der Waals surface area (Å²) >= 11 is 1.73. The van der Waals surface area contributed by atoms with Crippen LogP contribution >= 0.6 is 11.3 Å². The summed E-state index contributed by atoms with van der Waals surface area (Å²) in [6.07, 6.45) is 3.80. The number of rotatable bonds is 5. The van der Waals surface area contributed by atoms with Crippen molar-refractivity contribution >= 4 is 40.6 Å². The van der Waals surface area contributed by atoms with E-state index in [0.717, 1.165) is 6.42 Å². The van der Waals surface area contributed by atoms with E-state index >= 15 is 0 Å². The molecule has 0 saturated heterocycles. The van der Waals surface area contributed by atoms with Crippen LogP contribution in [0.5, 0.6) is 0 Å². The van der Waals surface area contributed by atoms with Gasteiger partial charge in [-0.2, -0.15) is 0 Å². The predicted octanol–water partition coefficient (Wildman–Crippen LogP) is 4.82. The van der Waals surface area contributed by atoms with Crippen molar-refractivity contribution in [2.24, 2.45) is 0 Å². The first kappa shape index (κ1) is 21.5. The highest BCUT2D eigenvalue weighted by Gasteiger charge is 2.24. The molecule has 2 aromatic carbocycles. The van der Waals surface area contributed by atoms with Crippen LogP contribution in [-0.4, -0.2) is 28.2 Å². The SMILES string of the molecule is Cc1c(NC(=O)/C=C/c2ccc([N+](=O)[O-])cc2)cccc1C(=O)N1CCc2sccc2C1. The van der Waals surface area contributed by atoms with Crippen molar-refractivity contribution in [1.82, 2.24) is 4.90 Å². The third-order valence-corrected chi connectivity index (χ3v) is 6.47. The quantitative estimate of drug-likeness (QED) is 0.345. The maximum atomic E-state index is 13.1. The number of hydrogen-bond acceptors (Lipinski definition) is 5. The van der Waals surface area contributed by atoms with Gasteiger partial charge in [-0.1, -0.05) is 6.07 Å². The number of nitrogens with one attached hydrogen (secondary N) is 1. The number of fused-ring (bicyclic) bond motifs is 1. The van der Waals surface area contributed by atoms with Gasteiger partial charge in [-0.15, -0.1) is 11.3 Å². The second kappa shape index (κ2) is 9.15. The first-order valence-corrected chi connectivity index (χ1v) is 11.0. The van der Waals surface area contributed by atoms with E-state index in [2.05, 4.69) is 16.8 Å². The molecule has 8 heteroatoms. The van der Waals surface area contributed by atoms with Crippen LogP contribution in [0.15, 0.2) is 60.0 Å². The molecule has 1 aromatic heterocycles. The summed E-state index contributed by atoms with van der Waals surface area (Å²) < 4.78 is 0. The van der Waals surface area contributed by atoms with Crippen molar-refractivity contribution < 1.29 is 14.5 Å². The summed E-state index contributed by atoms with van der Waals surface area (Å²) in [6, 6.07) is 13.3. The molecule has 1 aliphatic rings. The number of benzene rings is 2. The molecule has 0 radical (unpaired) electrons. The Hall–Kier alpha value is -3.78. The van der Waals surface area contributed by atoms with Crippen LogP contribution in [0.25, 0.3) is 6.08 Å². The highest BCUT2D eigenvalue weighted by atomic mass is 32.1. The van der Waals surface area contributed by atoms with Gasteiger partial charge in [-0.05, 0) is 71.8 Å². The highest BCUT2D eigenvalue weighted by Crippen LogP contribution is 2.27. The van der Waals surface area contributed by atoms with Crippen LogP contribution in [-0.2, 0) is 17.8 Å². The van der Waals surface area contributed by atoms with Crippen molar-refractivity contribution in [2.75, 3.05) is 11.9 Å². The lowest BCUT2D eigenvalue weighted by Crippen LogP contribution is -2.35. The molecule has 0 spiro atoms. The fraction of sp³-hybridized carbons (Fsp3) is 0.167. The normalized spacial score (nSPS) is 13.1. The minimum atomic E-state index is -0.472. The van der Waals surface area contributed by atoms with Gasteiger partial charge in [0.25, 0.3) is 11.6 Å². The van der Waals surface area contributed by atoms with Crippen LogP contribution in [0, 0.1) is 17.0 Å². The number of hydrogen-bond donors (Lipinski definition) is 1. The van der Waals surface area contributed by atoms with E-state index in [1.807, 2.05) is 11.8 Å². The summed E-state index contributed by atoms with van der Waals surface area (Å²) in [5.74, 6) is -0.395. The lowest BCUT2D eigenvalue weighted by molar-refractivity contribution is -0.384. The van der Waals surface area contributed by atoms with Gasteiger partial charge in [0.05, 0.1) is 4.92 Å². The van der Waals surface area contributed by atoms with Crippen LogP contribution < -0.4 is 5.32 Å². The number of thiophene rings is 1. The Bertz CT molecular complexity index is 1210. The number of amides is 2. The maximum absolute atomic E-state index is 13.1. The molecule has 4 rings (SSSR count). The van der Waals surface area contributed by atoms with E-state index in [0.29, 0.717) is 35.5 Å². The first-order valence-electron chi connectivity index (χ1n) is 10.1. The molecule has 0 atom stereocenters. The zero-order valence-corrected chi connectivity index (χ0v) is 18.2. The average molecular weight is 448 g/mol. The van der Waals surface area contributed by atoms with Crippen LogP contribution in [0.1, 0.15) is 31.9 Å². The molecule has 1 aliphatic heterocycles. The summed E-state index contributed by atoms with van der Waals surface area (Å²) in [5.41, 5.74) is 3.72. The number of nitro benzene ring substituents is 1. The molecule has 7 nitrogen and oxygen atoms in total. The number of non-ortho nitro benzene ring substituents is 1. The van der Waals surface area contributed by atoms with Gasteiger partial charge in [0.2, 0.25) is 5.91 Å². The van der Waals surface area contributed by atoms with Gasteiger partial charge in [0.15, 0.2) is 0 Å². The monoisotopic (exact) mass is 447 g/mol. The Kier molecular flexibility index (Phi) is 6.13. The Morgan fingerprint density at radius 1 is 1.16 bits per heavy atom. The summed E-state index contributed by atoms with van der Waals surface area (Å²) in [7, 11) is 0. The predicted molar refractivity (Wildman–Crippen MR) is 125 cm³/mol. The second-order valence-electron chi connectivity index (χ2n) is 7.50. The first-order chi connectivity index (χ1) is 15.4. The number of nitrogens with zero attached hydrogens (tertiary/aromatic N) is 2. The number of anilines is 1. The number of carbonyl (C=O) groups is 2.